The molecule has 6 nitrogen and oxygen atoms in total. The summed E-state index contributed by atoms with van der Waals surface area (Å²) in [5.41, 5.74) is 0.324. The molecule has 0 radical (unpaired) electrons. The van der Waals surface area contributed by atoms with Crippen LogP contribution in [0.4, 0.5) is 13.2 Å². The van der Waals surface area contributed by atoms with Crippen LogP contribution in [0.2, 0.25) is 0 Å². The molecule has 0 spiro atoms. The lowest BCUT2D eigenvalue weighted by Gasteiger charge is -2.18. The summed E-state index contributed by atoms with van der Waals surface area (Å²) in [6.45, 7) is 0.0907. The Morgan fingerprint density at radius 3 is 2.31 bits per heavy atom. The summed E-state index contributed by atoms with van der Waals surface area (Å²) in [5, 5.41) is 2.77. The maximum absolute atomic E-state index is 12.4. The van der Waals surface area contributed by atoms with Crippen molar-refractivity contribution >= 4 is 5.91 Å². The molecule has 26 heavy (non-hydrogen) atoms. The van der Waals surface area contributed by atoms with Crippen LogP contribution in [0.3, 0.4) is 0 Å². The number of rotatable bonds is 7. The molecule has 1 aliphatic heterocycles. The SMILES string of the molecule is COc1cc(C(=O)NCC2CCN(CC(F)(F)F)C2)cc(OC)c1OC. The number of carbonyl (C=O) groups excluding carboxylic acids is 1. The van der Waals surface area contributed by atoms with E-state index in [9.17, 15) is 18.0 Å². The molecule has 9 heteroatoms. The number of carbonyl (C=O) groups is 1. The van der Waals surface area contributed by atoms with Crippen LogP contribution in [0, 0.1) is 5.92 Å². The summed E-state index contributed by atoms with van der Waals surface area (Å²) < 4.78 is 52.9. The average molecular weight is 376 g/mol. The first-order valence-corrected chi connectivity index (χ1v) is 8.14. The first-order valence-electron chi connectivity index (χ1n) is 8.14. The van der Waals surface area contributed by atoms with Gasteiger partial charge in [0.15, 0.2) is 11.5 Å². The number of alkyl halides is 3. The number of hydrogen-bond donors (Lipinski definition) is 1. The van der Waals surface area contributed by atoms with E-state index in [0.29, 0.717) is 48.9 Å². The van der Waals surface area contributed by atoms with E-state index in [1.54, 1.807) is 0 Å². The quantitative estimate of drug-likeness (QED) is 0.792. The van der Waals surface area contributed by atoms with Crippen LogP contribution in [-0.2, 0) is 0 Å². The van der Waals surface area contributed by atoms with Gasteiger partial charge in [0.05, 0.1) is 27.9 Å². The van der Waals surface area contributed by atoms with E-state index in [-0.39, 0.29) is 11.8 Å². The van der Waals surface area contributed by atoms with E-state index < -0.39 is 12.7 Å². The fourth-order valence-corrected chi connectivity index (χ4v) is 3.03. The van der Waals surface area contributed by atoms with Crippen molar-refractivity contribution in [2.24, 2.45) is 5.92 Å². The third-order valence-corrected chi connectivity index (χ3v) is 4.25. The minimum atomic E-state index is -4.20. The van der Waals surface area contributed by atoms with Gasteiger partial charge >= 0.3 is 6.18 Å². The predicted molar refractivity (Wildman–Crippen MR) is 89.0 cm³/mol. The normalized spacial score (nSPS) is 17.8. The highest BCUT2D eigenvalue weighted by atomic mass is 19.4. The zero-order chi connectivity index (χ0) is 19.3. The Balaban J connectivity index is 1.96. The van der Waals surface area contributed by atoms with Gasteiger partial charge in [-0.1, -0.05) is 0 Å². The van der Waals surface area contributed by atoms with E-state index in [2.05, 4.69) is 5.32 Å². The van der Waals surface area contributed by atoms with Crippen molar-refractivity contribution in [3.8, 4) is 17.2 Å². The second-order valence-electron chi connectivity index (χ2n) is 6.13. The first kappa shape index (κ1) is 20.2. The van der Waals surface area contributed by atoms with E-state index in [1.807, 2.05) is 0 Å². The van der Waals surface area contributed by atoms with Crippen molar-refractivity contribution in [2.45, 2.75) is 12.6 Å². The zero-order valence-corrected chi connectivity index (χ0v) is 15.0. The van der Waals surface area contributed by atoms with Gasteiger partial charge in [-0.2, -0.15) is 13.2 Å². The van der Waals surface area contributed by atoms with E-state index in [4.69, 9.17) is 14.2 Å². The molecule has 0 aromatic heterocycles. The molecule has 1 fully saturated rings. The zero-order valence-electron chi connectivity index (χ0n) is 15.0. The molecule has 1 amide bonds. The third-order valence-electron chi connectivity index (χ3n) is 4.25. The molecular formula is C17H23F3N2O4. The number of amides is 1. The summed E-state index contributed by atoms with van der Waals surface area (Å²) in [6, 6.07) is 3.06. The molecule has 2 rings (SSSR count). The van der Waals surface area contributed by atoms with Crippen LogP contribution in [0.15, 0.2) is 12.1 Å². The highest BCUT2D eigenvalue weighted by Crippen LogP contribution is 2.38. The second kappa shape index (κ2) is 8.48. The number of hydrogen-bond acceptors (Lipinski definition) is 5. The molecule has 1 aromatic rings. The van der Waals surface area contributed by atoms with E-state index in [1.165, 1.54) is 38.4 Å². The lowest BCUT2D eigenvalue weighted by atomic mass is 10.1. The van der Waals surface area contributed by atoms with Gasteiger partial charge in [-0.05, 0) is 31.0 Å². The first-order chi connectivity index (χ1) is 12.3. The summed E-state index contributed by atoms with van der Waals surface area (Å²) in [4.78, 5) is 13.7. The smallest absolute Gasteiger partial charge is 0.401 e. The number of ether oxygens (including phenoxy) is 3. The molecule has 1 aromatic carbocycles. The van der Waals surface area contributed by atoms with Crippen molar-refractivity contribution in [3.63, 3.8) is 0 Å². The van der Waals surface area contributed by atoms with Gasteiger partial charge in [-0.25, -0.2) is 0 Å². The summed E-state index contributed by atoms with van der Waals surface area (Å²) in [5.74, 6) is 0.732. The number of benzene rings is 1. The molecule has 1 aliphatic rings. The monoisotopic (exact) mass is 376 g/mol. The van der Waals surface area contributed by atoms with Crippen molar-refractivity contribution in [3.05, 3.63) is 17.7 Å². The molecule has 0 aliphatic carbocycles. The van der Waals surface area contributed by atoms with Gasteiger partial charge in [0.25, 0.3) is 5.91 Å². The molecule has 0 saturated carbocycles. The number of nitrogens with one attached hydrogen (secondary N) is 1. The highest BCUT2D eigenvalue weighted by Gasteiger charge is 2.34. The number of methoxy groups -OCH3 is 3. The Bertz CT molecular complexity index is 612. The Labute approximate surface area is 150 Å². The lowest BCUT2D eigenvalue weighted by molar-refractivity contribution is -0.143. The van der Waals surface area contributed by atoms with Gasteiger partial charge in [-0.15, -0.1) is 0 Å². The maximum atomic E-state index is 12.4. The topological polar surface area (TPSA) is 60.0 Å². The minimum absolute atomic E-state index is 0.0108. The molecule has 1 heterocycles. The minimum Gasteiger partial charge on any atom is -0.493 e. The largest absolute Gasteiger partial charge is 0.493 e. The van der Waals surface area contributed by atoms with Crippen molar-refractivity contribution in [2.75, 3.05) is 47.5 Å². The van der Waals surface area contributed by atoms with Crippen LogP contribution in [-0.4, -0.2) is 64.5 Å². The van der Waals surface area contributed by atoms with Gasteiger partial charge < -0.3 is 19.5 Å². The molecule has 1 unspecified atom stereocenters. The van der Waals surface area contributed by atoms with Crippen molar-refractivity contribution in [1.82, 2.24) is 10.2 Å². The Morgan fingerprint density at radius 2 is 1.81 bits per heavy atom. The lowest BCUT2D eigenvalue weighted by Crippen LogP contribution is -2.34. The Morgan fingerprint density at radius 1 is 1.19 bits per heavy atom. The summed E-state index contributed by atoms with van der Waals surface area (Å²) in [7, 11) is 4.37. The van der Waals surface area contributed by atoms with E-state index in [0.717, 1.165) is 0 Å². The van der Waals surface area contributed by atoms with Crippen molar-refractivity contribution in [1.29, 1.82) is 0 Å². The number of nitrogens with zero attached hydrogens (tertiary/aromatic N) is 1. The predicted octanol–water partition coefficient (Wildman–Crippen LogP) is 2.33. The second-order valence-corrected chi connectivity index (χ2v) is 6.13. The molecule has 0 bridgehead atoms. The maximum Gasteiger partial charge on any atom is 0.401 e. The van der Waals surface area contributed by atoms with Gasteiger partial charge in [-0.3, -0.25) is 9.69 Å². The van der Waals surface area contributed by atoms with Crippen LogP contribution in [0.1, 0.15) is 16.8 Å². The van der Waals surface area contributed by atoms with Gasteiger partial charge in [0, 0.05) is 18.7 Å². The van der Waals surface area contributed by atoms with Crippen LogP contribution in [0.5, 0.6) is 17.2 Å². The fourth-order valence-electron chi connectivity index (χ4n) is 3.03. The fraction of sp³-hybridized carbons (Fsp3) is 0.588. The summed E-state index contributed by atoms with van der Waals surface area (Å²) in [6.07, 6.45) is -3.58. The average Bonchev–Trinajstić information content (AvgIpc) is 3.03. The Hall–Kier alpha value is -2.16. The molecule has 1 atom stereocenters. The molecule has 1 N–H and O–H groups in total. The molecule has 146 valence electrons. The van der Waals surface area contributed by atoms with Gasteiger partial charge in [0.1, 0.15) is 0 Å². The number of likely N-dealkylation sites (tertiary alicyclic amines) is 1. The Kier molecular flexibility index (Phi) is 6.57. The third kappa shape index (κ3) is 5.17. The van der Waals surface area contributed by atoms with E-state index >= 15 is 0 Å². The molecular weight excluding hydrogens is 353 g/mol. The number of halogens is 3. The highest BCUT2D eigenvalue weighted by molar-refractivity contribution is 5.95. The van der Waals surface area contributed by atoms with Crippen LogP contribution in [0.25, 0.3) is 0 Å². The van der Waals surface area contributed by atoms with Gasteiger partial charge in [0.2, 0.25) is 5.75 Å². The van der Waals surface area contributed by atoms with Crippen LogP contribution >= 0.6 is 0 Å². The van der Waals surface area contributed by atoms with Crippen molar-refractivity contribution < 1.29 is 32.2 Å². The van der Waals surface area contributed by atoms with Crippen LogP contribution < -0.4 is 19.5 Å². The molecule has 1 saturated heterocycles. The standard InChI is InChI=1S/C17H23F3N2O4/c1-24-13-6-12(7-14(25-2)15(13)26-3)16(23)21-8-11-4-5-22(9-11)10-17(18,19)20/h6-7,11H,4-5,8-10H2,1-3H3,(H,21,23). The summed E-state index contributed by atoms with van der Waals surface area (Å²) >= 11 is 0.